The fourth-order valence-electron chi connectivity index (χ4n) is 0.547. The Morgan fingerprint density at radius 1 is 1.50 bits per heavy atom. The summed E-state index contributed by atoms with van der Waals surface area (Å²) in [4.78, 5) is 5.25. The van der Waals surface area contributed by atoms with Crippen LogP contribution in [-0.2, 0) is 0 Å². The number of aromatic nitrogens is 1. The predicted octanol–water partition coefficient (Wildman–Crippen LogP) is 3.33. The molecule has 0 saturated heterocycles. The molecule has 0 unspecified atom stereocenters. The number of pyridine rings is 1. The highest BCUT2D eigenvalue weighted by Gasteiger charge is 1.98. The van der Waals surface area contributed by atoms with Gasteiger partial charge in [-0.15, -0.1) is 11.8 Å². The molecule has 0 fully saturated rings. The van der Waals surface area contributed by atoms with E-state index in [0.29, 0.717) is 0 Å². The van der Waals surface area contributed by atoms with Crippen LogP contribution in [0.3, 0.4) is 0 Å². The van der Waals surface area contributed by atoms with Gasteiger partial charge in [0.05, 0.1) is 0 Å². The van der Waals surface area contributed by atoms with Crippen LogP contribution >= 0.6 is 43.6 Å². The smallest absolute Gasteiger partial charge is 0.119 e. The number of hydrogen-bond acceptors (Lipinski definition) is 2. The Bertz CT molecular complexity index is 239. The fraction of sp³-hybridized carbons (Fsp3) is 0.167. The average molecular weight is 283 g/mol. The maximum atomic E-state index is 4.10. The molecule has 1 heterocycles. The third-order valence-electron chi connectivity index (χ3n) is 0.993. The standard InChI is InChI=1S/C6H5Br2NS/c1-10-5-2-4(7)3-9-6(5)8/h2-3H,1H3. The molecule has 1 rings (SSSR count). The third-order valence-corrected chi connectivity index (χ3v) is 3.07. The van der Waals surface area contributed by atoms with E-state index in [2.05, 4.69) is 36.8 Å². The Labute approximate surface area is 80.9 Å². The minimum atomic E-state index is 0.906. The minimum absolute atomic E-state index is 0.906. The van der Waals surface area contributed by atoms with Crippen LogP contribution in [0, 0.1) is 0 Å². The normalized spacial score (nSPS) is 9.90. The Hall–Kier alpha value is 0.460. The molecular formula is C6H5Br2NS. The van der Waals surface area contributed by atoms with E-state index in [1.54, 1.807) is 18.0 Å². The maximum absolute atomic E-state index is 4.10. The number of nitrogens with zero attached hydrogens (tertiary/aromatic N) is 1. The van der Waals surface area contributed by atoms with E-state index >= 15 is 0 Å². The highest BCUT2D eigenvalue weighted by molar-refractivity contribution is 9.11. The molecule has 0 aliphatic rings. The minimum Gasteiger partial charge on any atom is -0.247 e. The second kappa shape index (κ2) is 3.74. The Balaban J connectivity index is 3.09. The summed E-state index contributed by atoms with van der Waals surface area (Å²) in [6, 6.07) is 2.03. The number of halogens is 2. The van der Waals surface area contributed by atoms with Gasteiger partial charge in [-0.1, -0.05) is 0 Å². The molecule has 54 valence electrons. The molecule has 0 saturated carbocycles. The summed E-state index contributed by atoms with van der Waals surface area (Å²) in [5, 5.41) is 0. The van der Waals surface area contributed by atoms with Gasteiger partial charge in [-0.05, 0) is 44.2 Å². The van der Waals surface area contributed by atoms with Crippen molar-refractivity contribution in [1.82, 2.24) is 4.98 Å². The first-order valence-electron chi connectivity index (χ1n) is 2.59. The zero-order valence-electron chi connectivity index (χ0n) is 5.27. The molecule has 0 radical (unpaired) electrons. The molecule has 0 amide bonds. The topological polar surface area (TPSA) is 12.9 Å². The summed E-state index contributed by atoms with van der Waals surface area (Å²) in [5.41, 5.74) is 0. The second-order valence-corrected chi connectivity index (χ2v) is 4.16. The van der Waals surface area contributed by atoms with Gasteiger partial charge >= 0.3 is 0 Å². The van der Waals surface area contributed by atoms with E-state index < -0.39 is 0 Å². The van der Waals surface area contributed by atoms with Crippen LogP contribution in [0.2, 0.25) is 0 Å². The van der Waals surface area contributed by atoms with Crippen LogP contribution in [0.25, 0.3) is 0 Å². The Kier molecular flexibility index (Phi) is 3.20. The molecule has 1 aromatic rings. The van der Waals surface area contributed by atoms with E-state index in [-0.39, 0.29) is 0 Å². The molecule has 0 aromatic carbocycles. The molecule has 1 aromatic heterocycles. The quantitative estimate of drug-likeness (QED) is 0.579. The van der Waals surface area contributed by atoms with Crippen molar-refractivity contribution in [2.75, 3.05) is 6.26 Å². The lowest BCUT2D eigenvalue weighted by molar-refractivity contribution is 1.17. The lowest BCUT2D eigenvalue weighted by atomic mass is 10.5. The lowest BCUT2D eigenvalue weighted by Crippen LogP contribution is -1.78. The molecule has 0 atom stereocenters. The van der Waals surface area contributed by atoms with Crippen LogP contribution in [0.5, 0.6) is 0 Å². The predicted molar refractivity (Wildman–Crippen MR) is 51.4 cm³/mol. The summed E-state index contributed by atoms with van der Waals surface area (Å²) >= 11 is 8.35. The van der Waals surface area contributed by atoms with Gasteiger partial charge in [0, 0.05) is 15.6 Å². The van der Waals surface area contributed by atoms with Crippen LogP contribution in [0.4, 0.5) is 0 Å². The maximum Gasteiger partial charge on any atom is 0.119 e. The number of thioether (sulfide) groups is 1. The largest absolute Gasteiger partial charge is 0.247 e. The SMILES string of the molecule is CSc1cc(Br)cnc1Br. The fourth-order valence-corrected chi connectivity index (χ4v) is 2.20. The van der Waals surface area contributed by atoms with Crippen LogP contribution in [0.1, 0.15) is 0 Å². The van der Waals surface area contributed by atoms with E-state index in [0.717, 1.165) is 14.0 Å². The van der Waals surface area contributed by atoms with E-state index in [1.165, 1.54) is 0 Å². The highest BCUT2D eigenvalue weighted by atomic mass is 79.9. The van der Waals surface area contributed by atoms with Gasteiger partial charge in [0.25, 0.3) is 0 Å². The highest BCUT2D eigenvalue weighted by Crippen LogP contribution is 2.25. The van der Waals surface area contributed by atoms with Crippen molar-refractivity contribution >= 4 is 43.6 Å². The first-order chi connectivity index (χ1) is 4.74. The van der Waals surface area contributed by atoms with Gasteiger partial charge < -0.3 is 0 Å². The van der Waals surface area contributed by atoms with Crippen molar-refractivity contribution < 1.29 is 0 Å². The summed E-state index contributed by atoms with van der Waals surface area (Å²) < 4.78 is 1.92. The number of hydrogen-bond donors (Lipinski definition) is 0. The van der Waals surface area contributed by atoms with Gasteiger partial charge in [0.15, 0.2) is 0 Å². The second-order valence-electron chi connectivity index (χ2n) is 1.65. The number of rotatable bonds is 1. The van der Waals surface area contributed by atoms with Gasteiger partial charge in [-0.25, -0.2) is 4.98 Å². The van der Waals surface area contributed by atoms with Crippen LogP contribution in [0.15, 0.2) is 26.2 Å². The van der Waals surface area contributed by atoms with Crippen LogP contribution in [-0.4, -0.2) is 11.2 Å². The summed E-state index contributed by atoms with van der Waals surface area (Å²) in [6.07, 6.45) is 3.79. The zero-order valence-corrected chi connectivity index (χ0v) is 9.25. The van der Waals surface area contributed by atoms with Gasteiger partial charge in [0.1, 0.15) is 4.60 Å². The monoisotopic (exact) mass is 281 g/mol. The summed E-state index contributed by atoms with van der Waals surface area (Å²) in [7, 11) is 0. The Morgan fingerprint density at radius 3 is 2.70 bits per heavy atom. The van der Waals surface area contributed by atoms with Crippen LogP contribution < -0.4 is 0 Å². The molecule has 0 spiro atoms. The Morgan fingerprint density at radius 2 is 2.20 bits per heavy atom. The van der Waals surface area contributed by atoms with Gasteiger partial charge in [-0.2, -0.15) is 0 Å². The summed E-state index contributed by atoms with van der Waals surface area (Å²) in [5.74, 6) is 0. The van der Waals surface area contributed by atoms with E-state index in [4.69, 9.17) is 0 Å². The summed E-state index contributed by atoms with van der Waals surface area (Å²) in [6.45, 7) is 0. The third kappa shape index (κ3) is 1.97. The van der Waals surface area contributed by atoms with E-state index in [1.807, 2.05) is 12.3 Å². The molecule has 0 bridgehead atoms. The van der Waals surface area contributed by atoms with E-state index in [9.17, 15) is 0 Å². The van der Waals surface area contributed by atoms with Crippen molar-refractivity contribution in [2.45, 2.75) is 4.90 Å². The molecule has 4 heteroatoms. The lowest BCUT2D eigenvalue weighted by Gasteiger charge is -1.98. The van der Waals surface area contributed by atoms with Crippen molar-refractivity contribution in [3.63, 3.8) is 0 Å². The van der Waals surface area contributed by atoms with Crippen molar-refractivity contribution in [1.29, 1.82) is 0 Å². The molecule has 1 nitrogen and oxygen atoms in total. The molecule has 0 aliphatic carbocycles. The molecule has 10 heavy (non-hydrogen) atoms. The van der Waals surface area contributed by atoms with Crippen molar-refractivity contribution in [2.24, 2.45) is 0 Å². The van der Waals surface area contributed by atoms with Gasteiger partial charge in [0.2, 0.25) is 0 Å². The van der Waals surface area contributed by atoms with Crippen molar-refractivity contribution in [3.8, 4) is 0 Å². The average Bonchev–Trinajstić information content (AvgIpc) is 1.94. The first kappa shape index (κ1) is 8.56. The molecule has 0 N–H and O–H groups in total. The van der Waals surface area contributed by atoms with Gasteiger partial charge in [-0.3, -0.25) is 0 Å². The molecule has 0 aliphatic heterocycles. The molecular weight excluding hydrogens is 278 g/mol. The first-order valence-corrected chi connectivity index (χ1v) is 5.40. The van der Waals surface area contributed by atoms with Crippen molar-refractivity contribution in [3.05, 3.63) is 21.3 Å². The zero-order chi connectivity index (χ0) is 7.56.